The third kappa shape index (κ3) is 3.51. The van der Waals surface area contributed by atoms with Crippen molar-refractivity contribution in [3.8, 4) is 0 Å². The molecule has 2 atom stereocenters. The second-order valence-corrected chi connectivity index (χ2v) is 6.11. The highest BCUT2D eigenvalue weighted by Crippen LogP contribution is 2.33. The Morgan fingerprint density at radius 2 is 2.00 bits per heavy atom. The number of hydrogen-bond acceptors (Lipinski definition) is 3. The number of rotatable bonds is 5. The predicted octanol–water partition coefficient (Wildman–Crippen LogP) is 2.10. The van der Waals surface area contributed by atoms with Crippen molar-refractivity contribution in [3.63, 3.8) is 0 Å². The van der Waals surface area contributed by atoms with E-state index >= 15 is 0 Å². The van der Waals surface area contributed by atoms with Crippen LogP contribution in [0.25, 0.3) is 0 Å². The van der Waals surface area contributed by atoms with Gasteiger partial charge in [-0.25, -0.2) is 0 Å². The van der Waals surface area contributed by atoms with Crippen LogP contribution in [0.3, 0.4) is 0 Å². The van der Waals surface area contributed by atoms with E-state index in [2.05, 4.69) is 5.32 Å². The zero-order valence-corrected chi connectivity index (χ0v) is 12.2. The monoisotopic (exact) mass is 283 g/mol. The molecule has 0 aromatic heterocycles. The summed E-state index contributed by atoms with van der Waals surface area (Å²) in [5.41, 5.74) is -0.540. The van der Waals surface area contributed by atoms with Gasteiger partial charge in [0.25, 0.3) is 0 Å². The quantitative estimate of drug-likeness (QED) is 0.810. The van der Waals surface area contributed by atoms with Crippen LogP contribution in [0.4, 0.5) is 0 Å². The second kappa shape index (κ2) is 6.57. The summed E-state index contributed by atoms with van der Waals surface area (Å²) in [4.78, 5) is 23.6. The lowest BCUT2D eigenvalue weighted by Crippen LogP contribution is -2.53. The Hall–Kier alpha value is -1.10. The number of carboxylic acids is 1. The molecular weight excluding hydrogens is 258 g/mol. The summed E-state index contributed by atoms with van der Waals surface area (Å²) in [5, 5.41) is 12.2. The number of carbonyl (C=O) groups is 2. The molecule has 20 heavy (non-hydrogen) atoms. The SMILES string of the molecule is CCC1OCCC1C(=O)NC1(CC(=O)O)CCCCC1. The Labute approximate surface area is 120 Å². The molecule has 5 heteroatoms. The Balaban J connectivity index is 2.03. The van der Waals surface area contributed by atoms with Crippen molar-refractivity contribution in [2.75, 3.05) is 6.61 Å². The number of carbonyl (C=O) groups excluding carboxylic acids is 1. The predicted molar refractivity (Wildman–Crippen MR) is 74.3 cm³/mol. The van der Waals surface area contributed by atoms with Crippen molar-refractivity contribution in [2.24, 2.45) is 5.92 Å². The van der Waals surface area contributed by atoms with E-state index < -0.39 is 11.5 Å². The smallest absolute Gasteiger partial charge is 0.305 e. The van der Waals surface area contributed by atoms with Gasteiger partial charge in [0.2, 0.25) is 5.91 Å². The first-order chi connectivity index (χ1) is 9.56. The summed E-state index contributed by atoms with van der Waals surface area (Å²) < 4.78 is 5.56. The molecule has 114 valence electrons. The van der Waals surface area contributed by atoms with Crippen LogP contribution in [0.2, 0.25) is 0 Å². The van der Waals surface area contributed by atoms with E-state index in [4.69, 9.17) is 9.84 Å². The molecule has 2 N–H and O–H groups in total. The van der Waals surface area contributed by atoms with Gasteiger partial charge < -0.3 is 15.2 Å². The average molecular weight is 283 g/mol. The standard InChI is InChI=1S/C15H25NO4/c1-2-12-11(6-9-20-12)14(19)16-15(10-13(17)18)7-4-3-5-8-15/h11-12H,2-10H2,1H3,(H,16,19)(H,17,18). The molecule has 0 bridgehead atoms. The molecule has 1 saturated carbocycles. The van der Waals surface area contributed by atoms with Crippen LogP contribution in [0.15, 0.2) is 0 Å². The zero-order chi connectivity index (χ0) is 14.6. The van der Waals surface area contributed by atoms with E-state index in [1.54, 1.807) is 0 Å². The van der Waals surface area contributed by atoms with Gasteiger partial charge in [0.15, 0.2) is 0 Å². The number of amides is 1. The fraction of sp³-hybridized carbons (Fsp3) is 0.867. The van der Waals surface area contributed by atoms with Gasteiger partial charge >= 0.3 is 5.97 Å². The zero-order valence-electron chi connectivity index (χ0n) is 12.2. The molecule has 2 unspecified atom stereocenters. The van der Waals surface area contributed by atoms with Gasteiger partial charge in [-0.05, 0) is 25.7 Å². The minimum absolute atomic E-state index is 0.0135. The highest BCUT2D eigenvalue weighted by molar-refractivity contribution is 5.81. The molecule has 5 nitrogen and oxygen atoms in total. The summed E-state index contributed by atoms with van der Waals surface area (Å²) >= 11 is 0. The number of nitrogens with one attached hydrogen (secondary N) is 1. The fourth-order valence-corrected chi connectivity index (χ4v) is 3.57. The van der Waals surface area contributed by atoms with Gasteiger partial charge in [-0.2, -0.15) is 0 Å². The van der Waals surface area contributed by atoms with Crippen LogP contribution in [-0.4, -0.2) is 35.2 Å². The Bertz CT molecular complexity index is 363. The molecule has 2 rings (SSSR count). The molecule has 0 aromatic carbocycles. The summed E-state index contributed by atoms with van der Waals surface area (Å²) in [6.07, 6.45) is 6.24. The first-order valence-electron chi connectivity index (χ1n) is 7.72. The largest absolute Gasteiger partial charge is 0.481 e. The molecular formula is C15H25NO4. The van der Waals surface area contributed by atoms with Gasteiger partial charge in [-0.1, -0.05) is 26.2 Å². The van der Waals surface area contributed by atoms with Crippen molar-refractivity contribution >= 4 is 11.9 Å². The van der Waals surface area contributed by atoms with Crippen LogP contribution in [0.1, 0.15) is 58.3 Å². The molecule has 0 radical (unpaired) electrons. The van der Waals surface area contributed by atoms with E-state index in [1.807, 2.05) is 6.92 Å². The van der Waals surface area contributed by atoms with Gasteiger partial charge in [-0.3, -0.25) is 9.59 Å². The summed E-state index contributed by atoms with van der Waals surface area (Å²) in [6, 6.07) is 0. The molecule has 1 saturated heterocycles. The molecule has 0 spiro atoms. The lowest BCUT2D eigenvalue weighted by Gasteiger charge is -2.38. The molecule has 2 fully saturated rings. The minimum atomic E-state index is -0.832. The Kier molecular flexibility index (Phi) is 5.02. The number of hydrogen-bond donors (Lipinski definition) is 2. The number of ether oxygens (including phenoxy) is 1. The minimum Gasteiger partial charge on any atom is -0.481 e. The second-order valence-electron chi connectivity index (χ2n) is 6.11. The van der Waals surface area contributed by atoms with E-state index in [9.17, 15) is 9.59 Å². The van der Waals surface area contributed by atoms with E-state index in [-0.39, 0.29) is 24.3 Å². The highest BCUT2D eigenvalue weighted by atomic mass is 16.5. The van der Waals surface area contributed by atoms with Crippen LogP contribution >= 0.6 is 0 Å². The van der Waals surface area contributed by atoms with E-state index in [0.717, 1.165) is 44.9 Å². The molecule has 1 aliphatic heterocycles. The third-order valence-electron chi connectivity index (χ3n) is 4.64. The molecule has 0 aromatic rings. The van der Waals surface area contributed by atoms with Gasteiger partial charge in [0.1, 0.15) is 0 Å². The van der Waals surface area contributed by atoms with E-state index in [1.165, 1.54) is 0 Å². The van der Waals surface area contributed by atoms with Crippen LogP contribution in [-0.2, 0) is 14.3 Å². The maximum Gasteiger partial charge on any atom is 0.305 e. The summed E-state index contributed by atoms with van der Waals surface area (Å²) in [5.74, 6) is -0.966. The van der Waals surface area contributed by atoms with Crippen molar-refractivity contribution < 1.29 is 19.4 Å². The maximum atomic E-state index is 12.5. The number of aliphatic carboxylic acids is 1. The van der Waals surface area contributed by atoms with Crippen LogP contribution in [0.5, 0.6) is 0 Å². The summed E-state index contributed by atoms with van der Waals surface area (Å²) in [7, 11) is 0. The van der Waals surface area contributed by atoms with Crippen LogP contribution < -0.4 is 5.32 Å². The van der Waals surface area contributed by atoms with Gasteiger partial charge in [-0.15, -0.1) is 0 Å². The van der Waals surface area contributed by atoms with Crippen molar-refractivity contribution in [2.45, 2.75) is 69.9 Å². The van der Waals surface area contributed by atoms with E-state index in [0.29, 0.717) is 6.61 Å². The lowest BCUT2D eigenvalue weighted by atomic mass is 9.78. The molecule has 1 amide bonds. The van der Waals surface area contributed by atoms with Crippen molar-refractivity contribution in [3.05, 3.63) is 0 Å². The third-order valence-corrected chi connectivity index (χ3v) is 4.64. The van der Waals surface area contributed by atoms with Gasteiger partial charge in [0.05, 0.1) is 24.0 Å². The van der Waals surface area contributed by atoms with Crippen LogP contribution in [0, 0.1) is 5.92 Å². The summed E-state index contributed by atoms with van der Waals surface area (Å²) in [6.45, 7) is 2.65. The fourth-order valence-electron chi connectivity index (χ4n) is 3.57. The van der Waals surface area contributed by atoms with Crippen molar-refractivity contribution in [1.29, 1.82) is 0 Å². The average Bonchev–Trinajstić information content (AvgIpc) is 2.87. The first kappa shape index (κ1) is 15.3. The Morgan fingerprint density at radius 3 is 2.60 bits per heavy atom. The van der Waals surface area contributed by atoms with Gasteiger partial charge in [0, 0.05) is 6.61 Å². The normalized spacial score (nSPS) is 29.1. The highest BCUT2D eigenvalue weighted by Gasteiger charge is 2.40. The molecule has 1 heterocycles. The van der Waals surface area contributed by atoms with Crippen molar-refractivity contribution in [1.82, 2.24) is 5.32 Å². The first-order valence-corrected chi connectivity index (χ1v) is 7.72. The lowest BCUT2D eigenvalue weighted by molar-refractivity contribution is -0.140. The topological polar surface area (TPSA) is 75.6 Å². The maximum absolute atomic E-state index is 12.5. The Morgan fingerprint density at radius 1 is 1.30 bits per heavy atom. The molecule has 1 aliphatic carbocycles. The number of carboxylic acid groups (broad SMARTS) is 1. The molecule has 2 aliphatic rings.